The molecule has 0 aliphatic carbocycles. The third-order valence-corrected chi connectivity index (χ3v) is 0.250. The first-order chi connectivity index (χ1) is 2.41. The predicted octanol–water partition coefficient (Wildman–Crippen LogP) is 0.585. The maximum atomic E-state index is 6.37. The van der Waals surface area contributed by atoms with Gasteiger partial charge in [-0.25, -0.2) is 0 Å². The van der Waals surface area contributed by atoms with Gasteiger partial charge in [0.15, 0.2) is 0 Å². The van der Waals surface area contributed by atoms with Crippen LogP contribution in [0.2, 0.25) is 0 Å². The maximum Gasteiger partial charge on any atom is 0 e. The van der Waals surface area contributed by atoms with Crippen molar-refractivity contribution < 1.29 is 131 Å². The van der Waals surface area contributed by atoms with Crippen molar-refractivity contribution >= 4 is 0 Å². The summed E-state index contributed by atoms with van der Waals surface area (Å²) in [6.07, 6.45) is 0. The maximum absolute atomic E-state index is 6.37. The second-order valence-electron chi connectivity index (χ2n) is 0.604. The molecule has 0 saturated heterocycles. The number of nitrogens with one attached hydrogen (secondary N) is 3. The largest absolute Gasteiger partial charge is 0.665 e. The summed E-state index contributed by atoms with van der Waals surface area (Å²) in [7, 11) is 0. The van der Waals surface area contributed by atoms with Gasteiger partial charge in [0.1, 0.15) is 0 Å². The van der Waals surface area contributed by atoms with E-state index in [1.807, 2.05) is 0 Å². The molecule has 9 heavy (non-hydrogen) atoms. The Kier molecular flexibility index (Phi) is 95.7. The summed E-state index contributed by atoms with van der Waals surface area (Å²) in [4.78, 5) is 0. The van der Waals surface area contributed by atoms with Crippen molar-refractivity contribution in [1.82, 2.24) is 5.32 Å². The van der Waals surface area contributed by atoms with E-state index in [2.05, 4.69) is 5.32 Å². The van der Waals surface area contributed by atoms with E-state index < -0.39 is 0 Å². The van der Waals surface area contributed by atoms with E-state index in [0.717, 1.165) is 0 Å². The summed E-state index contributed by atoms with van der Waals surface area (Å²) < 4.78 is 0. The molecule has 0 aromatic carbocycles. The first kappa shape index (κ1) is 29.2. The van der Waals surface area contributed by atoms with E-state index in [9.17, 15) is 0 Å². The summed E-state index contributed by atoms with van der Waals surface area (Å²) in [5.74, 6) is 0. The summed E-state index contributed by atoms with van der Waals surface area (Å²) in [6.45, 7) is 0.312. The van der Waals surface area contributed by atoms with Crippen LogP contribution in [0.15, 0.2) is 0 Å². The van der Waals surface area contributed by atoms with Crippen LogP contribution in [0.5, 0.6) is 0 Å². The van der Waals surface area contributed by atoms with E-state index in [0.29, 0.717) is 0 Å². The van der Waals surface area contributed by atoms with Gasteiger partial charge in [-0.3, -0.25) is 0 Å². The van der Waals surface area contributed by atoms with Crippen LogP contribution in [-0.2, 0) is 131 Å². The van der Waals surface area contributed by atoms with E-state index >= 15 is 0 Å². The molecule has 3 N–H and O–H groups in total. The zero-order valence-corrected chi connectivity index (χ0v) is 16.6. The fourth-order valence-electron chi connectivity index (χ4n) is 0.0625. The third-order valence-electron chi connectivity index (χ3n) is 0.250. The van der Waals surface area contributed by atoms with Crippen molar-refractivity contribution in [2.24, 2.45) is 0 Å². The Balaban J connectivity index is -0.0000000133. The predicted molar refractivity (Wildman–Crippen MR) is 21.5 cm³/mol. The minimum atomic E-state index is 0. The molecule has 0 atom stereocenters. The van der Waals surface area contributed by atoms with Crippen LogP contribution in [0.1, 0.15) is 0 Å². The molecular weight excluding hydrogens is 422 g/mol. The van der Waals surface area contributed by atoms with Crippen LogP contribution in [0, 0.1) is 0 Å². The molecule has 0 fully saturated rings. The SMILES string of the molecule is [NH-]CNC[NH-].[Y].[Y].[Y].[Y]. The monoisotopic (exact) mass is 429 g/mol. The van der Waals surface area contributed by atoms with Crippen molar-refractivity contribution in [2.75, 3.05) is 13.3 Å². The Morgan fingerprint density at radius 1 is 0.778 bits per heavy atom. The van der Waals surface area contributed by atoms with E-state index in [-0.39, 0.29) is 144 Å². The number of hydrogen-bond donors (Lipinski definition) is 1. The second-order valence-corrected chi connectivity index (χ2v) is 0.604. The van der Waals surface area contributed by atoms with E-state index in [4.69, 9.17) is 11.5 Å². The van der Waals surface area contributed by atoms with Gasteiger partial charge in [-0.15, -0.1) is 13.3 Å². The topological polar surface area (TPSA) is 59.6 Å². The minimum Gasteiger partial charge on any atom is -0.665 e. The molecule has 0 bridgehead atoms. The van der Waals surface area contributed by atoms with Crippen LogP contribution in [-0.4, -0.2) is 13.3 Å². The van der Waals surface area contributed by atoms with Crippen molar-refractivity contribution in [3.8, 4) is 0 Å². The van der Waals surface area contributed by atoms with Gasteiger partial charge < -0.3 is 16.8 Å². The Morgan fingerprint density at radius 3 is 1.00 bits per heavy atom. The summed E-state index contributed by atoms with van der Waals surface area (Å²) in [5, 5.41) is 2.44. The van der Waals surface area contributed by atoms with Crippen molar-refractivity contribution in [2.45, 2.75) is 0 Å². The van der Waals surface area contributed by atoms with E-state index in [1.54, 1.807) is 0 Å². The Hall–Kier alpha value is 4.30. The summed E-state index contributed by atoms with van der Waals surface area (Å²) >= 11 is 0. The van der Waals surface area contributed by atoms with Gasteiger partial charge in [-0.05, 0) is 0 Å². The fourth-order valence-corrected chi connectivity index (χ4v) is 0.0625. The van der Waals surface area contributed by atoms with Crippen LogP contribution >= 0.6 is 0 Å². The third kappa shape index (κ3) is 32.9. The summed E-state index contributed by atoms with van der Waals surface area (Å²) in [6, 6.07) is 0. The normalized spacial score (nSPS) is 4.67. The first-order valence-electron chi connectivity index (χ1n) is 1.41. The molecule has 0 saturated carbocycles. The number of rotatable bonds is 2. The van der Waals surface area contributed by atoms with Crippen molar-refractivity contribution in [3.63, 3.8) is 0 Å². The van der Waals surface area contributed by atoms with Crippen LogP contribution in [0.25, 0.3) is 11.5 Å². The molecule has 7 heteroatoms. The van der Waals surface area contributed by atoms with Gasteiger partial charge >= 0.3 is 0 Å². The van der Waals surface area contributed by atoms with Crippen LogP contribution in [0.4, 0.5) is 0 Å². The smallest absolute Gasteiger partial charge is 0 e. The molecule has 3 nitrogen and oxygen atoms in total. The Morgan fingerprint density at radius 2 is 1.00 bits per heavy atom. The molecule has 0 aliphatic heterocycles. The van der Waals surface area contributed by atoms with Gasteiger partial charge in [0.2, 0.25) is 0 Å². The van der Waals surface area contributed by atoms with Gasteiger partial charge in [-0.1, -0.05) is 0 Å². The van der Waals surface area contributed by atoms with Crippen LogP contribution < -0.4 is 5.32 Å². The molecule has 0 unspecified atom stereocenters. The zero-order valence-electron chi connectivity index (χ0n) is 5.22. The van der Waals surface area contributed by atoms with Gasteiger partial charge in [0.05, 0.1) is 0 Å². The zero-order chi connectivity index (χ0) is 4.12. The van der Waals surface area contributed by atoms with Crippen molar-refractivity contribution in [3.05, 3.63) is 11.5 Å². The average molecular weight is 429 g/mol. The molecule has 0 aliphatic rings. The van der Waals surface area contributed by atoms with E-state index in [1.165, 1.54) is 0 Å². The fraction of sp³-hybridized carbons (Fsp3) is 1.00. The minimum absolute atomic E-state index is 0. The quantitative estimate of drug-likeness (QED) is 0.687. The van der Waals surface area contributed by atoms with Crippen molar-refractivity contribution in [1.29, 1.82) is 0 Å². The molecule has 0 amide bonds. The molecule has 0 rings (SSSR count). The molecular formula is C2H7N3Y4-2. The average Bonchev–Trinajstić information content (AvgIpc) is 1.41. The van der Waals surface area contributed by atoms with Gasteiger partial charge in [0.25, 0.3) is 0 Å². The molecule has 44 valence electrons. The van der Waals surface area contributed by atoms with Crippen LogP contribution in [0.3, 0.4) is 0 Å². The summed E-state index contributed by atoms with van der Waals surface area (Å²) in [5.41, 5.74) is 12.7. The Labute approximate surface area is 157 Å². The molecule has 0 spiro atoms. The molecule has 0 aromatic heterocycles. The standard InChI is InChI=1S/C2H7N3.4Y/c3-1-5-2-4;;;;/h3-5H,1-2H2;;;;/q-2;;;;. The molecule has 0 aromatic rings. The first-order valence-corrected chi connectivity index (χ1v) is 1.41. The second kappa shape index (κ2) is 29.5. The number of hydrogen-bond acceptors (Lipinski definition) is 1. The van der Waals surface area contributed by atoms with Gasteiger partial charge in [0, 0.05) is 131 Å². The molecule has 4 radical (unpaired) electrons. The van der Waals surface area contributed by atoms with Gasteiger partial charge in [-0.2, -0.15) is 0 Å². The Bertz CT molecular complexity index is 21.3. The molecule has 0 heterocycles.